The predicted molar refractivity (Wildman–Crippen MR) is 71.8 cm³/mol. The highest BCUT2D eigenvalue weighted by molar-refractivity contribution is 5.89. The molecule has 6 nitrogen and oxygen atoms in total. The molecule has 0 aromatic carbocycles. The SMILES string of the molecule is CCOC(=O)c1cn(CC2OCCO2)c(C)c(C)c1=O. The van der Waals surface area contributed by atoms with Crippen LogP contribution in [-0.2, 0) is 20.8 Å². The Labute approximate surface area is 117 Å². The molecule has 0 aliphatic carbocycles. The van der Waals surface area contributed by atoms with Crippen LogP contribution in [0.5, 0.6) is 0 Å². The first kappa shape index (κ1) is 14.7. The fraction of sp³-hybridized carbons (Fsp3) is 0.571. The number of ether oxygens (including phenoxy) is 3. The highest BCUT2D eigenvalue weighted by Gasteiger charge is 2.21. The van der Waals surface area contributed by atoms with E-state index < -0.39 is 5.97 Å². The van der Waals surface area contributed by atoms with Crippen molar-refractivity contribution in [1.82, 2.24) is 4.57 Å². The van der Waals surface area contributed by atoms with Crippen molar-refractivity contribution in [1.29, 1.82) is 0 Å². The van der Waals surface area contributed by atoms with Crippen LogP contribution in [-0.4, -0.2) is 36.6 Å². The molecule has 2 heterocycles. The Morgan fingerprint density at radius 2 is 2.05 bits per heavy atom. The van der Waals surface area contributed by atoms with E-state index in [1.165, 1.54) is 6.20 Å². The molecule has 1 aromatic heterocycles. The lowest BCUT2D eigenvalue weighted by molar-refractivity contribution is -0.0529. The van der Waals surface area contributed by atoms with Crippen LogP contribution in [0.25, 0.3) is 0 Å². The maximum Gasteiger partial charge on any atom is 0.343 e. The van der Waals surface area contributed by atoms with E-state index in [1.54, 1.807) is 18.4 Å². The Bertz CT molecular complexity index is 557. The molecule has 1 aliphatic rings. The van der Waals surface area contributed by atoms with Gasteiger partial charge in [-0.2, -0.15) is 0 Å². The van der Waals surface area contributed by atoms with Gasteiger partial charge in [0.1, 0.15) is 5.56 Å². The van der Waals surface area contributed by atoms with Crippen LogP contribution >= 0.6 is 0 Å². The van der Waals surface area contributed by atoms with Gasteiger partial charge in [0.25, 0.3) is 0 Å². The van der Waals surface area contributed by atoms with E-state index in [2.05, 4.69) is 0 Å². The Balaban J connectivity index is 2.36. The lowest BCUT2D eigenvalue weighted by Gasteiger charge is -2.17. The van der Waals surface area contributed by atoms with E-state index in [0.717, 1.165) is 5.69 Å². The number of aromatic nitrogens is 1. The van der Waals surface area contributed by atoms with Gasteiger partial charge in [-0.05, 0) is 20.8 Å². The fourth-order valence-electron chi connectivity index (χ4n) is 2.11. The van der Waals surface area contributed by atoms with E-state index in [9.17, 15) is 9.59 Å². The van der Waals surface area contributed by atoms with E-state index in [1.807, 2.05) is 6.92 Å². The molecular formula is C14H19NO5. The second-order valence-electron chi connectivity index (χ2n) is 4.63. The minimum Gasteiger partial charge on any atom is -0.462 e. The van der Waals surface area contributed by atoms with Gasteiger partial charge in [-0.3, -0.25) is 4.79 Å². The van der Waals surface area contributed by atoms with Crippen molar-refractivity contribution in [3.05, 3.63) is 33.2 Å². The lowest BCUT2D eigenvalue weighted by Crippen LogP contribution is -2.27. The summed E-state index contributed by atoms with van der Waals surface area (Å²) >= 11 is 0. The Hall–Kier alpha value is -1.66. The van der Waals surface area contributed by atoms with Crippen LogP contribution in [0.15, 0.2) is 11.0 Å². The second-order valence-corrected chi connectivity index (χ2v) is 4.63. The smallest absolute Gasteiger partial charge is 0.343 e. The molecule has 20 heavy (non-hydrogen) atoms. The Morgan fingerprint density at radius 3 is 2.65 bits per heavy atom. The molecule has 0 N–H and O–H groups in total. The number of hydrogen-bond acceptors (Lipinski definition) is 5. The summed E-state index contributed by atoms with van der Waals surface area (Å²) in [6.07, 6.45) is 1.18. The average molecular weight is 281 g/mol. The van der Waals surface area contributed by atoms with Gasteiger partial charge in [0, 0.05) is 17.5 Å². The molecule has 2 rings (SSSR count). The Kier molecular flexibility index (Phi) is 4.57. The monoisotopic (exact) mass is 281 g/mol. The molecule has 1 saturated heterocycles. The molecule has 1 aromatic rings. The predicted octanol–water partition coefficient (Wildman–Crippen LogP) is 1.01. The number of hydrogen-bond donors (Lipinski definition) is 0. The molecule has 0 radical (unpaired) electrons. The van der Waals surface area contributed by atoms with Crippen molar-refractivity contribution in [2.45, 2.75) is 33.6 Å². The van der Waals surface area contributed by atoms with Crippen LogP contribution in [0.2, 0.25) is 0 Å². The minimum atomic E-state index is -0.595. The molecule has 0 bridgehead atoms. The number of esters is 1. The fourth-order valence-corrected chi connectivity index (χ4v) is 2.11. The molecule has 6 heteroatoms. The van der Waals surface area contributed by atoms with Crippen LogP contribution in [0, 0.1) is 13.8 Å². The number of pyridine rings is 1. The number of carbonyl (C=O) groups is 1. The third kappa shape index (κ3) is 2.91. The lowest BCUT2D eigenvalue weighted by atomic mass is 10.1. The van der Waals surface area contributed by atoms with Crippen LogP contribution in [0.4, 0.5) is 0 Å². The summed E-state index contributed by atoms with van der Waals surface area (Å²) in [4.78, 5) is 23.9. The average Bonchev–Trinajstić information content (AvgIpc) is 2.92. The maximum absolute atomic E-state index is 12.1. The topological polar surface area (TPSA) is 66.8 Å². The van der Waals surface area contributed by atoms with Gasteiger partial charge in [0.2, 0.25) is 0 Å². The first-order valence-electron chi connectivity index (χ1n) is 6.65. The third-order valence-electron chi connectivity index (χ3n) is 3.38. The highest BCUT2D eigenvalue weighted by Crippen LogP contribution is 2.12. The second kappa shape index (κ2) is 6.19. The summed E-state index contributed by atoms with van der Waals surface area (Å²) in [7, 11) is 0. The van der Waals surface area contributed by atoms with Crippen molar-refractivity contribution in [3.63, 3.8) is 0 Å². The summed E-state index contributed by atoms with van der Waals surface area (Å²) in [6.45, 7) is 7.05. The van der Waals surface area contributed by atoms with Gasteiger partial charge in [0.15, 0.2) is 11.7 Å². The zero-order valence-corrected chi connectivity index (χ0v) is 12.0. The van der Waals surface area contributed by atoms with Crippen molar-refractivity contribution in [2.75, 3.05) is 19.8 Å². The number of rotatable bonds is 4. The maximum atomic E-state index is 12.1. The summed E-state index contributed by atoms with van der Waals surface area (Å²) in [6, 6.07) is 0. The normalized spacial score (nSPS) is 15.6. The molecule has 1 aliphatic heterocycles. The van der Waals surface area contributed by atoms with Crippen molar-refractivity contribution >= 4 is 5.97 Å². The molecular weight excluding hydrogens is 262 g/mol. The van der Waals surface area contributed by atoms with E-state index in [0.29, 0.717) is 25.3 Å². The molecule has 0 saturated carbocycles. The van der Waals surface area contributed by atoms with Crippen LogP contribution in [0.1, 0.15) is 28.5 Å². The van der Waals surface area contributed by atoms with Crippen LogP contribution < -0.4 is 5.43 Å². The van der Waals surface area contributed by atoms with Gasteiger partial charge in [-0.1, -0.05) is 0 Å². The Morgan fingerprint density at radius 1 is 1.40 bits per heavy atom. The van der Waals surface area contributed by atoms with Crippen LogP contribution in [0.3, 0.4) is 0 Å². The zero-order valence-electron chi connectivity index (χ0n) is 12.0. The molecule has 0 unspecified atom stereocenters. The standard InChI is InChI=1S/C14H19NO5/c1-4-18-14(17)11-7-15(8-12-19-5-6-20-12)10(3)9(2)13(11)16/h7,12H,4-6,8H2,1-3H3. The van der Waals surface area contributed by atoms with Gasteiger partial charge in [-0.15, -0.1) is 0 Å². The summed E-state index contributed by atoms with van der Waals surface area (Å²) in [5.74, 6) is -0.595. The van der Waals surface area contributed by atoms with Gasteiger partial charge in [0.05, 0.1) is 26.4 Å². The van der Waals surface area contributed by atoms with E-state index >= 15 is 0 Å². The van der Waals surface area contributed by atoms with Crippen molar-refractivity contribution < 1.29 is 19.0 Å². The van der Waals surface area contributed by atoms with Gasteiger partial charge < -0.3 is 18.8 Å². The summed E-state index contributed by atoms with van der Waals surface area (Å²) < 4.78 is 17.5. The first-order chi connectivity index (χ1) is 9.54. The number of carbonyl (C=O) groups excluding carboxylic acids is 1. The van der Waals surface area contributed by atoms with Crippen molar-refractivity contribution in [3.8, 4) is 0 Å². The molecule has 110 valence electrons. The van der Waals surface area contributed by atoms with Crippen molar-refractivity contribution in [2.24, 2.45) is 0 Å². The van der Waals surface area contributed by atoms with Gasteiger partial charge in [-0.25, -0.2) is 4.79 Å². The largest absolute Gasteiger partial charge is 0.462 e. The third-order valence-corrected chi connectivity index (χ3v) is 3.38. The van der Waals surface area contributed by atoms with E-state index in [-0.39, 0.29) is 23.9 Å². The van der Waals surface area contributed by atoms with Gasteiger partial charge >= 0.3 is 5.97 Å². The summed E-state index contributed by atoms with van der Waals surface area (Å²) in [5.41, 5.74) is 1.09. The quantitative estimate of drug-likeness (QED) is 0.771. The minimum absolute atomic E-state index is 0.0490. The molecule has 0 atom stereocenters. The molecule has 0 amide bonds. The molecule has 0 spiro atoms. The number of nitrogens with zero attached hydrogens (tertiary/aromatic N) is 1. The zero-order chi connectivity index (χ0) is 14.7. The van der Waals surface area contributed by atoms with E-state index in [4.69, 9.17) is 14.2 Å². The summed E-state index contributed by atoms with van der Waals surface area (Å²) in [5, 5.41) is 0. The highest BCUT2D eigenvalue weighted by atomic mass is 16.7. The molecule has 1 fully saturated rings. The first-order valence-corrected chi connectivity index (χ1v) is 6.65.